The van der Waals surface area contributed by atoms with Crippen LogP contribution < -0.4 is 5.32 Å². The number of imidazole rings is 1. The third-order valence-electron chi connectivity index (χ3n) is 3.34. The zero-order valence-electron chi connectivity index (χ0n) is 9.20. The second kappa shape index (κ2) is 3.73. The van der Waals surface area contributed by atoms with Crippen molar-refractivity contribution in [2.45, 2.75) is 32.2 Å². The largest absolute Gasteiger partial charge is 0.338 e. The molecule has 0 saturated carbocycles. The second-order valence-corrected chi connectivity index (χ2v) is 4.32. The minimum absolute atomic E-state index is 0.583. The first-order valence-electron chi connectivity index (χ1n) is 5.44. The molecule has 1 aromatic heterocycles. The molecule has 1 N–H and O–H groups in total. The van der Waals surface area contributed by atoms with E-state index in [1.54, 1.807) is 0 Å². The van der Waals surface area contributed by atoms with Crippen LogP contribution >= 0.6 is 0 Å². The van der Waals surface area contributed by atoms with Gasteiger partial charge in [-0.2, -0.15) is 0 Å². The molecule has 3 nitrogen and oxygen atoms in total. The lowest BCUT2D eigenvalue weighted by atomic mass is 9.90. The van der Waals surface area contributed by atoms with Gasteiger partial charge in [-0.25, -0.2) is 4.98 Å². The predicted octanol–water partition coefficient (Wildman–Crippen LogP) is 1.52. The first-order valence-corrected chi connectivity index (χ1v) is 5.44. The second-order valence-electron chi connectivity index (χ2n) is 4.32. The van der Waals surface area contributed by atoms with E-state index in [1.807, 2.05) is 12.4 Å². The maximum Gasteiger partial charge on any atom is 0.113 e. The molecule has 3 unspecified atom stereocenters. The fourth-order valence-electron chi connectivity index (χ4n) is 2.52. The van der Waals surface area contributed by atoms with Crippen LogP contribution in [-0.2, 0) is 7.05 Å². The highest BCUT2D eigenvalue weighted by molar-refractivity contribution is 5.09. The molecule has 0 radical (unpaired) electrons. The highest BCUT2D eigenvalue weighted by Crippen LogP contribution is 2.32. The van der Waals surface area contributed by atoms with Crippen LogP contribution in [0, 0.1) is 5.92 Å². The molecule has 0 bridgehead atoms. The minimum Gasteiger partial charge on any atom is -0.338 e. The minimum atomic E-state index is 0.583. The summed E-state index contributed by atoms with van der Waals surface area (Å²) in [5, 5.41) is 3.57. The quantitative estimate of drug-likeness (QED) is 0.772. The van der Waals surface area contributed by atoms with Crippen LogP contribution in [0.1, 0.15) is 32.0 Å². The number of nitrogens with one attached hydrogen (secondary N) is 1. The van der Waals surface area contributed by atoms with Gasteiger partial charge in [-0.15, -0.1) is 0 Å². The van der Waals surface area contributed by atoms with Gasteiger partial charge in [-0.05, 0) is 18.9 Å². The monoisotopic (exact) mass is 193 g/mol. The summed E-state index contributed by atoms with van der Waals surface area (Å²) in [6, 6.07) is 0.603. The fraction of sp³-hybridized carbons (Fsp3) is 0.727. The van der Waals surface area contributed by atoms with E-state index in [2.05, 4.69) is 35.8 Å². The highest BCUT2D eigenvalue weighted by atomic mass is 15.1. The van der Waals surface area contributed by atoms with Crippen LogP contribution in [0.2, 0.25) is 0 Å². The van der Waals surface area contributed by atoms with Crippen molar-refractivity contribution in [2.75, 3.05) is 6.54 Å². The summed E-state index contributed by atoms with van der Waals surface area (Å²) >= 11 is 0. The van der Waals surface area contributed by atoms with Crippen molar-refractivity contribution in [3.05, 3.63) is 18.2 Å². The summed E-state index contributed by atoms with van der Waals surface area (Å²) in [5.41, 5.74) is 0. The highest BCUT2D eigenvalue weighted by Gasteiger charge is 2.35. The molecule has 0 aliphatic carbocycles. The predicted molar refractivity (Wildman–Crippen MR) is 57.2 cm³/mol. The molecule has 3 heteroatoms. The first kappa shape index (κ1) is 9.71. The lowest BCUT2D eigenvalue weighted by Gasteiger charge is -2.20. The number of hydrogen-bond acceptors (Lipinski definition) is 2. The Hall–Kier alpha value is -0.830. The van der Waals surface area contributed by atoms with Crippen molar-refractivity contribution in [1.82, 2.24) is 14.9 Å². The Kier molecular flexibility index (Phi) is 2.59. The van der Waals surface area contributed by atoms with E-state index in [9.17, 15) is 0 Å². The summed E-state index contributed by atoms with van der Waals surface area (Å²) in [5.74, 6) is 2.51. The van der Waals surface area contributed by atoms with E-state index in [4.69, 9.17) is 0 Å². The van der Waals surface area contributed by atoms with Crippen molar-refractivity contribution in [1.29, 1.82) is 0 Å². The molecule has 0 amide bonds. The lowest BCUT2D eigenvalue weighted by Crippen LogP contribution is -2.26. The van der Waals surface area contributed by atoms with Gasteiger partial charge in [0.1, 0.15) is 5.82 Å². The molecule has 0 aromatic carbocycles. The summed E-state index contributed by atoms with van der Waals surface area (Å²) < 4.78 is 2.15. The maximum absolute atomic E-state index is 4.47. The normalized spacial score (nSPS) is 32.4. The molecule has 1 aliphatic heterocycles. The van der Waals surface area contributed by atoms with Crippen LogP contribution in [0.25, 0.3) is 0 Å². The van der Waals surface area contributed by atoms with E-state index in [-0.39, 0.29) is 0 Å². The zero-order chi connectivity index (χ0) is 10.1. The van der Waals surface area contributed by atoms with Gasteiger partial charge in [0.05, 0.1) is 0 Å². The van der Waals surface area contributed by atoms with Crippen molar-refractivity contribution in [2.24, 2.45) is 13.0 Å². The Morgan fingerprint density at radius 3 is 3.00 bits per heavy atom. The number of aryl methyl sites for hydroxylation is 1. The van der Waals surface area contributed by atoms with Gasteiger partial charge in [0.25, 0.3) is 0 Å². The van der Waals surface area contributed by atoms with Crippen molar-refractivity contribution < 1.29 is 0 Å². The molecule has 2 rings (SSSR count). The molecule has 1 aliphatic rings. The molecule has 78 valence electrons. The van der Waals surface area contributed by atoms with Crippen LogP contribution in [0.3, 0.4) is 0 Å². The molecule has 1 fully saturated rings. The van der Waals surface area contributed by atoms with Crippen LogP contribution in [0.15, 0.2) is 12.4 Å². The lowest BCUT2D eigenvalue weighted by molar-refractivity contribution is 0.452. The van der Waals surface area contributed by atoms with Gasteiger partial charge in [-0.1, -0.05) is 13.8 Å². The summed E-state index contributed by atoms with van der Waals surface area (Å²) in [6.07, 6.45) is 5.11. The molecule has 2 heterocycles. The van der Waals surface area contributed by atoms with Crippen LogP contribution in [-0.4, -0.2) is 22.1 Å². The molecule has 3 atom stereocenters. The smallest absolute Gasteiger partial charge is 0.113 e. The number of rotatable bonds is 2. The Morgan fingerprint density at radius 1 is 1.64 bits per heavy atom. The van der Waals surface area contributed by atoms with Gasteiger partial charge < -0.3 is 9.88 Å². The van der Waals surface area contributed by atoms with E-state index < -0.39 is 0 Å². The average molecular weight is 193 g/mol. The van der Waals surface area contributed by atoms with Gasteiger partial charge >= 0.3 is 0 Å². The van der Waals surface area contributed by atoms with Crippen molar-refractivity contribution >= 4 is 0 Å². The standard InChI is InChI=1S/C11H19N3/c1-4-9-10(8(2)7-13-9)11-12-5-6-14(11)3/h5-6,8-10,13H,4,7H2,1-3H3. The Labute approximate surface area is 85.5 Å². The first-order chi connectivity index (χ1) is 6.74. The Morgan fingerprint density at radius 2 is 2.43 bits per heavy atom. The molecular weight excluding hydrogens is 174 g/mol. The third kappa shape index (κ3) is 1.46. The van der Waals surface area contributed by atoms with Crippen LogP contribution in [0.4, 0.5) is 0 Å². The molecular formula is C11H19N3. The van der Waals surface area contributed by atoms with Gasteiger partial charge in [0.2, 0.25) is 0 Å². The molecule has 0 spiro atoms. The molecule has 1 aromatic rings. The average Bonchev–Trinajstić information content (AvgIpc) is 2.72. The number of aromatic nitrogens is 2. The van der Waals surface area contributed by atoms with E-state index in [0.29, 0.717) is 17.9 Å². The summed E-state index contributed by atoms with van der Waals surface area (Å²) in [7, 11) is 2.08. The van der Waals surface area contributed by atoms with Crippen LogP contribution in [0.5, 0.6) is 0 Å². The zero-order valence-corrected chi connectivity index (χ0v) is 9.20. The molecule has 14 heavy (non-hydrogen) atoms. The Bertz CT molecular complexity index is 305. The van der Waals surface area contributed by atoms with Gasteiger partial charge in [0.15, 0.2) is 0 Å². The van der Waals surface area contributed by atoms with E-state index in [1.165, 1.54) is 12.2 Å². The van der Waals surface area contributed by atoms with E-state index >= 15 is 0 Å². The number of hydrogen-bond donors (Lipinski definition) is 1. The van der Waals surface area contributed by atoms with Gasteiger partial charge in [0, 0.05) is 31.4 Å². The Balaban J connectivity index is 2.27. The van der Waals surface area contributed by atoms with E-state index in [0.717, 1.165) is 6.54 Å². The third-order valence-corrected chi connectivity index (χ3v) is 3.34. The fourth-order valence-corrected chi connectivity index (χ4v) is 2.52. The molecule has 1 saturated heterocycles. The summed E-state index contributed by atoms with van der Waals surface area (Å²) in [6.45, 7) is 5.67. The SMILES string of the molecule is CCC1NCC(C)C1c1nccn1C. The van der Waals surface area contributed by atoms with Crippen molar-refractivity contribution in [3.63, 3.8) is 0 Å². The maximum atomic E-state index is 4.47. The number of nitrogens with zero attached hydrogens (tertiary/aromatic N) is 2. The van der Waals surface area contributed by atoms with Crippen molar-refractivity contribution in [3.8, 4) is 0 Å². The summed E-state index contributed by atoms with van der Waals surface area (Å²) in [4.78, 5) is 4.47. The van der Waals surface area contributed by atoms with Gasteiger partial charge in [-0.3, -0.25) is 0 Å². The topological polar surface area (TPSA) is 29.9 Å².